The van der Waals surface area contributed by atoms with E-state index in [1.165, 1.54) is 4.40 Å². The number of aromatic amines is 1. The quantitative estimate of drug-likeness (QED) is 0.569. The van der Waals surface area contributed by atoms with Crippen molar-refractivity contribution >= 4 is 22.7 Å². The average molecular weight is 387 g/mol. The first-order valence-corrected chi connectivity index (χ1v) is 9.85. The third-order valence-electron chi connectivity index (χ3n) is 5.30. The molecule has 9 nitrogen and oxygen atoms in total. The van der Waals surface area contributed by atoms with Gasteiger partial charge in [0, 0.05) is 12.8 Å². The van der Waals surface area contributed by atoms with Crippen LogP contribution in [0.25, 0.3) is 16.9 Å². The molecule has 28 heavy (non-hydrogen) atoms. The van der Waals surface area contributed by atoms with Gasteiger partial charge in [0.1, 0.15) is 17.7 Å². The predicted octanol–water partition coefficient (Wildman–Crippen LogP) is 1.73. The van der Waals surface area contributed by atoms with Gasteiger partial charge in [-0.25, -0.2) is 14.4 Å². The van der Waals surface area contributed by atoms with E-state index >= 15 is 0 Å². The molecular formula is C19H25N5O4. The molecule has 2 N–H and O–H groups in total. The first-order valence-electron chi connectivity index (χ1n) is 9.85. The van der Waals surface area contributed by atoms with Crippen LogP contribution in [0.15, 0.2) is 17.3 Å². The van der Waals surface area contributed by atoms with Crippen molar-refractivity contribution in [3.8, 4) is 0 Å². The van der Waals surface area contributed by atoms with Crippen LogP contribution in [-0.4, -0.2) is 47.5 Å². The summed E-state index contributed by atoms with van der Waals surface area (Å²) < 4.78 is 9.01. The van der Waals surface area contributed by atoms with Gasteiger partial charge in [0.25, 0.3) is 5.56 Å². The molecule has 1 aliphatic rings. The van der Waals surface area contributed by atoms with Gasteiger partial charge in [0.2, 0.25) is 5.78 Å². The number of imidazole rings is 2. The summed E-state index contributed by atoms with van der Waals surface area (Å²) in [7, 11) is 0. The monoisotopic (exact) mass is 387 g/mol. The van der Waals surface area contributed by atoms with Gasteiger partial charge in [-0.05, 0) is 19.3 Å². The van der Waals surface area contributed by atoms with E-state index in [1.807, 2.05) is 0 Å². The van der Waals surface area contributed by atoms with E-state index in [4.69, 9.17) is 4.74 Å². The summed E-state index contributed by atoms with van der Waals surface area (Å²) in [6, 6.07) is 0. The number of ketones is 1. The van der Waals surface area contributed by atoms with E-state index in [-0.39, 0.29) is 42.2 Å². The molecule has 1 fully saturated rings. The Balaban J connectivity index is 1.65. The number of nitrogens with zero attached hydrogens (tertiary/aromatic N) is 4. The van der Waals surface area contributed by atoms with Crippen LogP contribution < -0.4 is 5.56 Å². The van der Waals surface area contributed by atoms with Gasteiger partial charge in [-0.1, -0.05) is 19.8 Å². The number of unbranched alkanes of at least 4 members (excludes halogenated alkanes) is 2. The average Bonchev–Trinajstić information content (AvgIpc) is 3.40. The zero-order valence-electron chi connectivity index (χ0n) is 15.9. The highest BCUT2D eigenvalue weighted by atomic mass is 16.5. The second-order valence-corrected chi connectivity index (χ2v) is 7.33. The van der Waals surface area contributed by atoms with E-state index in [2.05, 4.69) is 21.9 Å². The number of hydrogen-bond donors (Lipinski definition) is 2. The number of H-pyrrole nitrogens is 1. The summed E-state index contributed by atoms with van der Waals surface area (Å²) in [5.41, 5.74) is 1.09. The molecule has 0 amide bonds. The number of carbonyl (C=O) groups is 1. The van der Waals surface area contributed by atoms with Gasteiger partial charge >= 0.3 is 0 Å². The fraction of sp³-hybridized carbons (Fsp3) is 0.579. The molecule has 0 radical (unpaired) electrons. The lowest BCUT2D eigenvalue weighted by Crippen LogP contribution is -2.19. The van der Waals surface area contributed by atoms with Crippen LogP contribution in [0.3, 0.4) is 0 Å². The molecule has 1 aliphatic heterocycles. The molecule has 0 unspecified atom stereocenters. The van der Waals surface area contributed by atoms with Crippen LogP contribution in [0.2, 0.25) is 0 Å². The van der Waals surface area contributed by atoms with Crippen molar-refractivity contribution in [1.29, 1.82) is 0 Å². The van der Waals surface area contributed by atoms with Gasteiger partial charge in [0.05, 0.1) is 30.9 Å². The second kappa shape index (κ2) is 7.84. The fourth-order valence-electron chi connectivity index (χ4n) is 3.79. The first-order chi connectivity index (χ1) is 13.6. The van der Waals surface area contributed by atoms with Crippen molar-refractivity contribution in [3.05, 3.63) is 28.6 Å². The predicted molar refractivity (Wildman–Crippen MR) is 102 cm³/mol. The highest BCUT2D eigenvalue weighted by molar-refractivity contribution is 5.81. The number of carbonyl (C=O) groups excluding carboxylic acids is 1. The molecule has 2 atom stereocenters. The van der Waals surface area contributed by atoms with E-state index in [9.17, 15) is 14.7 Å². The van der Waals surface area contributed by atoms with Crippen LogP contribution in [0, 0.1) is 0 Å². The van der Waals surface area contributed by atoms with Crippen LogP contribution in [0.4, 0.5) is 0 Å². The normalized spacial score (nSPS) is 19.8. The maximum absolute atomic E-state index is 13.0. The van der Waals surface area contributed by atoms with Crippen molar-refractivity contribution in [2.75, 3.05) is 6.61 Å². The van der Waals surface area contributed by atoms with E-state index in [0.717, 1.165) is 32.1 Å². The molecule has 1 saturated heterocycles. The number of aliphatic hydroxyl groups is 1. The number of rotatable bonds is 8. The smallest absolute Gasteiger partial charge is 0.287 e. The third kappa shape index (κ3) is 3.35. The van der Waals surface area contributed by atoms with E-state index in [0.29, 0.717) is 23.5 Å². The molecular weight excluding hydrogens is 362 g/mol. The molecule has 0 spiro atoms. The minimum Gasteiger partial charge on any atom is -0.394 e. The number of aliphatic hydroxyl groups excluding tert-OH is 1. The zero-order valence-corrected chi connectivity index (χ0v) is 15.9. The molecule has 150 valence electrons. The highest BCUT2D eigenvalue weighted by Gasteiger charge is 2.28. The summed E-state index contributed by atoms with van der Waals surface area (Å²) >= 11 is 0. The molecule has 3 aromatic heterocycles. The Morgan fingerprint density at radius 2 is 2.21 bits per heavy atom. The van der Waals surface area contributed by atoms with E-state index in [1.54, 1.807) is 17.1 Å². The summed E-state index contributed by atoms with van der Waals surface area (Å²) in [6.07, 6.45) is 7.80. The van der Waals surface area contributed by atoms with Crippen molar-refractivity contribution in [2.45, 2.75) is 64.2 Å². The lowest BCUT2D eigenvalue weighted by Gasteiger charge is -2.14. The van der Waals surface area contributed by atoms with E-state index < -0.39 is 0 Å². The highest BCUT2D eigenvalue weighted by Crippen LogP contribution is 2.29. The molecule has 4 rings (SSSR count). The number of aromatic nitrogens is 5. The van der Waals surface area contributed by atoms with Crippen molar-refractivity contribution in [2.24, 2.45) is 0 Å². The summed E-state index contributed by atoms with van der Waals surface area (Å²) in [6.45, 7) is 2.07. The van der Waals surface area contributed by atoms with Crippen LogP contribution in [0.5, 0.6) is 0 Å². The van der Waals surface area contributed by atoms with Crippen molar-refractivity contribution in [3.63, 3.8) is 0 Å². The molecule has 0 aromatic carbocycles. The number of ether oxygens (including phenoxy) is 1. The zero-order chi connectivity index (χ0) is 19.7. The first kappa shape index (κ1) is 18.8. The molecule has 4 heterocycles. The Kier molecular flexibility index (Phi) is 5.27. The molecule has 3 aromatic rings. The third-order valence-corrected chi connectivity index (χ3v) is 5.30. The topological polar surface area (TPSA) is 115 Å². The second-order valence-electron chi connectivity index (χ2n) is 7.33. The SMILES string of the molecule is CCCCCC(=O)Cc1cnc2[nH]c3c(ncn3[C@H]3CC[C@@H](CO)O3)c(=O)n12. The lowest BCUT2D eigenvalue weighted by atomic mass is 10.1. The van der Waals surface area contributed by atoms with Crippen LogP contribution >= 0.6 is 0 Å². The molecule has 9 heteroatoms. The molecule has 0 saturated carbocycles. The Bertz CT molecular complexity index is 1050. The Morgan fingerprint density at radius 3 is 2.96 bits per heavy atom. The fourth-order valence-corrected chi connectivity index (χ4v) is 3.79. The minimum absolute atomic E-state index is 0.0280. The van der Waals surface area contributed by atoms with Gasteiger partial charge in [0.15, 0.2) is 5.52 Å². The lowest BCUT2D eigenvalue weighted by molar-refractivity contribution is -0.118. The molecule has 0 bridgehead atoms. The van der Waals surface area contributed by atoms with Gasteiger partial charge in [-0.2, -0.15) is 0 Å². The standard InChI is InChI=1S/C19H25N5O4/c1-2-3-4-5-13(26)8-12-9-20-19-22-17-16(18(27)24(12)19)21-11-23(17)15-7-6-14(10-25)28-15/h9,11,14-15,25H,2-8,10H2,1H3,(H,20,22)/t14-,15+/m0/s1. The summed E-state index contributed by atoms with van der Waals surface area (Å²) in [5.74, 6) is 0.488. The van der Waals surface area contributed by atoms with Crippen LogP contribution in [0.1, 0.15) is 57.4 Å². The summed E-state index contributed by atoms with van der Waals surface area (Å²) in [5, 5.41) is 9.27. The number of hydrogen-bond acceptors (Lipinski definition) is 6. The van der Waals surface area contributed by atoms with Gasteiger partial charge in [-0.15, -0.1) is 0 Å². The Hall–Kier alpha value is -2.52. The maximum atomic E-state index is 13.0. The van der Waals surface area contributed by atoms with Gasteiger partial charge in [-0.3, -0.25) is 14.2 Å². The minimum atomic E-state index is -0.298. The van der Waals surface area contributed by atoms with Gasteiger partial charge < -0.3 is 14.8 Å². The maximum Gasteiger partial charge on any atom is 0.287 e. The number of fused-ring (bicyclic) bond motifs is 2. The molecule has 0 aliphatic carbocycles. The van der Waals surface area contributed by atoms with Crippen molar-refractivity contribution < 1.29 is 14.6 Å². The Morgan fingerprint density at radius 1 is 1.36 bits per heavy atom. The van der Waals surface area contributed by atoms with Crippen molar-refractivity contribution in [1.82, 2.24) is 23.9 Å². The summed E-state index contributed by atoms with van der Waals surface area (Å²) in [4.78, 5) is 36.9. The largest absolute Gasteiger partial charge is 0.394 e. The Labute approximate surface area is 161 Å². The van der Waals surface area contributed by atoms with Crippen LogP contribution in [-0.2, 0) is 16.0 Å². The number of Topliss-reactive ketones (excluding diaryl/α,β-unsaturated/α-hetero) is 1. The number of nitrogens with one attached hydrogen (secondary N) is 1.